The van der Waals surface area contributed by atoms with Gasteiger partial charge in [0.25, 0.3) is 11.8 Å². The number of nitrogens with zero attached hydrogens (tertiary/aromatic N) is 1. The van der Waals surface area contributed by atoms with Gasteiger partial charge in [-0.25, -0.2) is 10.2 Å². The van der Waals surface area contributed by atoms with Gasteiger partial charge < -0.3 is 10.1 Å². The lowest BCUT2D eigenvalue weighted by molar-refractivity contribution is 0.0734. The van der Waals surface area contributed by atoms with Crippen molar-refractivity contribution >= 4 is 29.7 Å². The molecule has 0 saturated heterocycles. The molecule has 0 unspecified atom stereocenters. The molecule has 0 bridgehead atoms. The molecule has 0 atom stereocenters. The fourth-order valence-electron chi connectivity index (χ4n) is 3.44. The molecule has 0 saturated carbocycles. The maximum atomic E-state index is 12.8. The molecule has 0 spiro atoms. The Hall–Kier alpha value is -5.04. The number of ether oxygens (including phenoxy) is 1. The van der Waals surface area contributed by atoms with Gasteiger partial charge in [0.2, 0.25) is 0 Å². The number of nitrogens with one attached hydrogen (secondary N) is 2. The van der Waals surface area contributed by atoms with Gasteiger partial charge in [-0.1, -0.05) is 59.7 Å². The third-order valence-electron chi connectivity index (χ3n) is 5.51. The third kappa shape index (κ3) is 6.55. The van der Waals surface area contributed by atoms with Gasteiger partial charge in [-0.15, -0.1) is 0 Å². The molecule has 7 heteroatoms. The summed E-state index contributed by atoms with van der Waals surface area (Å²) in [4.78, 5) is 38.0. The first-order valence-corrected chi connectivity index (χ1v) is 11.6. The summed E-state index contributed by atoms with van der Waals surface area (Å²) in [6.07, 6.45) is 1.39. The summed E-state index contributed by atoms with van der Waals surface area (Å²) >= 11 is 0. The maximum absolute atomic E-state index is 12.8. The van der Waals surface area contributed by atoms with Crippen LogP contribution in [-0.4, -0.2) is 24.0 Å². The van der Waals surface area contributed by atoms with Crippen LogP contribution in [-0.2, 0) is 0 Å². The van der Waals surface area contributed by atoms with Crippen molar-refractivity contribution in [3.05, 3.63) is 130 Å². The van der Waals surface area contributed by atoms with Gasteiger partial charge in [0.1, 0.15) is 5.75 Å². The molecule has 7 nitrogen and oxygen atoms in total. The second-order valence-corrected chi connectivity index (χ2v) is 8.36. The van der Waals surface area contributed by atoms with Gasteiger partial charge in [0.05, 0.1) is 23.0 Å². The summed E-state index contributed by atoms with van der Waals surface area (Å²) < 4.78 is 5.54. The van der Waals surface area contributed by atoms with E-state index in [1.807, 2.05) is 38.1 Å². The topological polar surface area (TPSA) is 96.9 Å². The number of para-hydroxylation sites is 2. The molecule has 37 heavy (non-hydrogen) atoms. The van der Waals surface area contributed by atoms with Crippen LogP contribution in [0.2, 0.25) is 0 Å². The number of amides is 2. The minimum absolute atomic E-state index is 0.249. The van der Waals surface area contributed by atoms with Gasteiger partial charge in [0.15, 0.2) is 0 Å². The number of carbonyl (C=O) groups is 3. The number of esters is 1. The molecule has 4 rings (SSSR count). The molecule has 2 N–H and O–H groups in total. The van der Waals surface area contributed by atoms with Crippen molar-refractivity contribution < 1.29 is 19.1 Å². The Kier molecular flexibility index (Phi) is 7.85. The van der Waals surface area contributed by atoms with Crippen molar-refractivity contribution in [2.45, 2.75) is 13.8 Å². The zero-order chi connectivity index (χ0) is 26.2. The highest BCUT2D eigenvalue weighted by atomic mass is 16.5. The Morgan fingerprint density at radius 2 is 1.30 bits per heavy atom. The Balaban J connectivity index is 1.44. The number of hydrogen-bond acceptors (Lipinski definition) is 5. The largest absolute Gasteiger partial charge is 0.422 e. The molecule has 4 aromatic rings. The fraction of sp³-hybridized carbons (Fsp3) is 0.0667. The molecular formula is C30H25N3O4. The molecule has 0 heterocycles. The number of hydrogen-bond donors (Lipinski definition) is 2. The van der Waals surface area contributed by atoms with Crippen molar-refractivity contribution in [1.29, 1.82) is 0 Å². The minimum atomic E-state index is -0.509. The molecule has 0 aliphatic heterocycles. The lowest BCUT2D eigenvalue weighted by atomic mass is 10.1. The Labute approximate surface area is 214 Å². The van der Waals surface area contributed by atoms with Crippen molar-refractivity contribution in [3.63, 3.8) is 0 Å². The van der Waals surface area contributed by atoms with E-state index in [1.54, 1.807) is 72.8 Å². The van der Waals surface area contributed by atoms with E-state index in [0.717, 1.165) is 11.1 Å². The molecule has 4 aromatic carbocycles. The summed E-state index contributed by atoms with van der Waals surface area (Å²) in [7, 11) is 0. The highest BCUT2D eigenvalue weighted by Gasteiger charge is 2.14. The average molecular weight is 492 g/mol. The average Bonchev–Trinajstić information content (AvgIpc) is 2.90. The Morgan fingerprint density at radius 1 is 0.703 bits per heavy atom. The summed E-state index contributed by atoms with van der Waals surface area (Å²) in [6.45, 7) is 3.87. The first-order valence-electron chi connectivity index (χ1n) is 11.6. The zero-order valence-electron chi connectivity index (χ0n) is 20.4. The van der Waals surface area contributed by atoms with Crippen LogP contribution in [0.25, 0.3) is 0 Å². The number of rotatable bonds is 7. The Morgan fingerprint density at radius 3 is 2.00 bits per heavy atom. The minimum Gasteiger partial charge on any atom is -0.422 e. The van der Waals surface area contributed by atoms with Gasteiger partial charge >= 0.3 is 5.97 Å². The van der Waals surface area contributed by atoms with Crippen LogP contribution in [0.3, 0.4) is 0 Å². The number of benzene rings is 4. The van der Waals surface area contributed by atoms with Crippen LogP contribution < -0.4 is 15.5 Å². The maximum Gasteiger partial charge on any atom is 0.343 e. The molecule has 2 amide bonds. The summed E-state index contributed by atoms with van der Waals surface area (Å²) in [6, 6.07) is 27.7. The van der Waals surface area contributed by atoms with Crippen molar-refractivity contribution in [2.24, 2.45) is 5.10 Å². The van der Waals surface area contributed by atoms with E-state index in [2.05, 4.69) is 15.8 Å². The van der Waals surface area contributed by atoms with E-state index >= 15 is 0 Å². The normalized spacial score (nSPS) is 10.6. The van der Waals surface area contributed by atoms with Crippen molar-refractivity contribution in [3.8, 4) is 5.75 Å². The predicted molar refractivity (Wildman–Crippen MR) is 143 cm³/mol. The first-order chi connectivity index (χ1) is 17.9. The third-order valence-corrected chi connectivity index (χ3v) is 5.51. The van der Waals surface area contributed by atoms with Gasteiger partial charge in [0, 0.05) is 11.1 Å². The molecule has 0 aliphatic rings. The van der Waals surface area contributed by atoms with E-state index in [1.165, 1.54) is 6.21 Å². The summed E-state index contributed by atoms with van der Waals surface area (Å²) in [5.41, 5.74) is 6.56. The molecule has 0 fully saturated rings. The van der Waals surface area contributed by atoms with Crippen LogP contribution in [0.4, 0.5) is 5.69 Å². The summed E-state index contributed by atoms with van der Waals surface area (Å²) in [5.74, 6) is -1.03. The number of anilines is 1. The number of hydrazone groups is 1. The fourth-order valence-corrected chi connectivity index (χ4v) is 3.44. The predicted octanol–water partition coefficient (Wildman–Crippen LogP) is 5.54. The summed E-state index contributed by atoms with van der Waals surface area (Å²) in [5, 5.41) is 6.81. The van der Waals surface area contributed by atoms with E-state index in [9.17, 15) is 14.4 Å². The van der Waals surface area contributed by atoms with E-state index < -0.39 is 11.9 Å². The molecule has 184 valence electrons. The zero-order valence-corrected chi connectivity index (χ0v) is 20.4. The van der Waals surface area contributed by atoms with E-state index in [0.29, 0.717) is 28.1 Å². The van der Waals surface area contributed by atoms with Crippen LogP contribution in [0.5, 0.6) is 5.75 Å². The molecule has 0 aromatic heterocycles. The standard InChI is InChI=1S/C30H25N3O4/c1-20-11-15-22(16-12-20)28(34)32-26-9-5-4-8-25(26)29(35)33-31-19-24-7-3-6-10-27(24)37-30(36)23-17-13-21(2)14-18-23/h3-19H,1-2H3,(H,32,34)(H,33,35)/b31-19-. The van der Waals surface area contributed by atoms with Gasteiger partial charge in [-0.05, 0) is 62.4 Å². The van der Waals surface area contributed by atoms with Crippen molar-refractivity contribution in [2.75, 3.05) is 5.32 Å². The second-order valence-electron chi connectivity index (χ2n) is 8.36. The lowest BCUT2D eigenvalue weighted by Gasteiger charge is -2.10. The first kappa shape index (κ1) is 25.1. The lowest BCUT2D eigenvalue weighted by Crippen LogP contribution is -2.21. The molecular weight excluding hydrogens is 466 g/mol. The SMILES string of the molecule is Cc1ccc(C(=O)Nc2ccccc2C(=O)N/N=C\c2ccccc2OC(=O)c2ccc(C)cc2)cc1. The van der Waals surface area contributed by atoms with Gasteiger partial charge in [-0.3, -0.25) is 9.59 Å². The highest BCUT2D eigenvalue weighted by Crippen LogP contribution is 2.19. The van der Waals surface area contributed by atoms with Crippen LogP contribution in [0.15, 0.2) is 102 Å². The number of carbonyl (C=O) groups excluding carboxylic acids is 3. The second kappa shape index (κ2) is 11.6. The quantitative estimate of drug-likeness (QED) is 0.154. The van der Waals surface area contributed by atoms with Crippen LogP contribution in [0.1, 0.15) is 47.8 Å². The van der Waals surface area contributed by atoms with E-state index in [4.69, 9.17) is 4.74 Å². The van der Waals surface area contributed by atoms with Gasteiger partial charge in [-0.2, -0.15) is 5.10 Å². The smallest absolute Gasteiger partial charge is 0.343 e. The van der Waals surface area contributed by atoms with E-state index in [-0.39, 0.29) is 11.5 Å². The molecule has 0 aliphatic carbocycles. The van der Waals surface area contributed by atoms with Crippen LogP contribution >= 0.6 is 0 Å². The molecule has 0 radical (unpaired) electrons. The number of aryl methyl sites for hydroxylation is 2. The van der Waals surface area contributed by atoms with Crippen molar-refractivity contribution in [1.82, 2.24) is 5.43 Å². The monoisotopic (exact) mass is 491 g/mol. The highest BCUT2D eigenvalue weighted by molar-refractivity contribution is 6.09. The Bertz CT molecular complexity index is 1460. The van der Waals surface area contributed by atoms with Crippen LogP contribution in [0, 0.1) is 13.8 Å².